The summed E-state index contributed by atoms with van der Waals surface area (Å²) in [5.41, 5.74) is 7.07. The van der Waals surface area contributed by atoms with Crippen LogP contribution in [-0.2, 0) is 11.3 Å². The van der Waals surface area contributed by atoms with Crippen molar-refractivity contribution in [1.82, 2.24) is 14.9 Å². The van der Waals surface area contributed by atoms with Gasteiger partial charge in [-0.2, -0.15) is 0 Å². The summed E-state index contributed by atoms with van der Waals surface area (Å²) in [6.45, 7) is 9.21. The lowest BCUT2D eigenvalue weighted by Crippen LogP contribution is -2.50. The minimum Gasteiger partial charge on any atom is -0.364 e. The Morgan fingerprint density at radius 2 is 1.86 bits per heavy atom. The molecule has 4 rings (SSSR count). The van der Waals surface area contributed by atoms with Crippen LogP contribution in [0.1, 0.15) is 38.4 Å². The molecular formula is C22H24N4O2. The van der Waals surface area contributed by atoms with Crippen LogP contribution in [0, 0.1) is 27.7 Å². The summed E-state index contributed by atoms with van der Waals surface area (Å²) in [5.74, 6) is 0.540. The van der Waals surface area contributed by atoms with Crippen LogP contribution < -0.4 is 5.32 Å². The Bertz CT molecular complexity index is 1090. The van der Waals surface area contributed by atoms with Gasteiger partial charge in [0.15, 0.2) is 11.6 Å². The van der Waals surface area contributed by atoms with Crippen LogP contribution in [0.25, 0.3) is 10.9 Å². The van der Waals surface area contributed by atoms with E-state index in [9.17, 15) is 9.59 Å². The van der Waals surface area contributed by atoms with Crippen molar-refractivity contribution in [2.24, 2.45) is 0 Å². The van der Waals surface area contributed by atoms with Gasteiger partial charge in [-0.3, -0.25) is 9.59 Å². The van der Waals surface area contributed by atoms with Gasteiger partial charge in [0.05, 0.1) is 18.6 Å². The molecule has 6 heteroatoms. The molecule has 3 heterocycles. The monoisotopic (exact) mass is 376 g/mol. The number of carbonyl (C=O) groups excluding carboxylic acids is 2. The van der Waals surface area contributed by atoms with Gasteiger partial charge in [-0.15, -0.1) is 0 Å². The molecule has 0 atom stereocenters. The number of benzene rings is 1. The van der Waals surface area contributed by atoms with E-state index in [1.165, 1.54) is 21.6 Å². The van der Waals surface area contributed by atoms with Crippen LogP contribution in [0.4, 0.5) is 5.82 Å². The lowest BCUT2D eigenvalue weighted by atomic mass is 10.0. The minimum absolute atomic E-state index is 0.0801. The Morgan fingerprint density at radius 1 is 1.18 bits per heavy atom. The fourth-order valence-corrected chi connectivity index (χ4v) is 3.67. The number of H-pyrrole nitrogens is 1. The Hall–Kier alpha value is -3.15. The first-order chi connectivity index (χ1) is 13.3. The van der Waals surface area contributed by atoms with Crippen LogP contribution >= 0.6 is 0 Å². The van der Waals surface area contributed by atoms with Gasteiger partial charge in [0.2, 0.25) is 0 Å². The number of hydrogen-bond acceptors (Lipinski definition) is 4. The predicted molar refractivity (Wildman–Crippen MR) is 110 cm³/mol. The summed E-state index contributed by atoms with van der Waals surface area (Å²) in [7, 11) is 0. The molecule has 6 nitrogen and oxygen atoms in total. The van der Waals surface area contributed by atoms with E-state index in [2.05, 4.69) is 47.3 Å². The molecule has 1 amide bonds. The largest absolute Gasteiger partial charge is 0.364 e. The van der Waals surface area contributed by atoms with Crippen molar-refractivity contribution in [2.75, 3.05) is 18.4 Å². The molecule has 0 aliphatic carbocycles. The average molecular weight is 376 g/mol. The second-order valence-electron chi connectivity index (χ2n) is 7.58. The number of anilines is 1. The zero-order valence-corrected chi connectivity index (χ0v) is 16.6. The quantitative estimate of drug-likeness (QED) is 0.731. The van der Waals surface area contributed by atoms with Gasteiger partial charge in [-0.05, 0) is 56.0 Å². The highest BCUT2D eigenvalue weighted by molar-refractivity contribution is 6.05. The maximum Gasteiger partial charge on any atom is 0.273 e. The van der Waals surface area contributed by atoms with E-state index in [4.69, 9.17) is 0 Å². The SMILES string of the molecule is Cc1cccc(C)c1CNc1nc(C(=O)N2CC(=O)C2)cc2c(C)c(C)[nH]c12. The molecule has 1 aromatic carbocycles. The zero-order valence-electron chi connectivity index (χ0n) is 16.6. The first kappa shape index (κ1) is 18.2. The minimum atomic E-state index is -0.199. The van der Waals surface area contributed by atoms with E-state index in [0.29, 0.717) is 18.1 Å². The highest BCUT2D eigenvalue weighted by Crippen LogP contribution is 2.29. The van der Waals surface area contributed by atoms with Crippen LogP contribution in [0.5, 0.6) is 0 Å². The fraction of sp³-hybridized carbons (Fsp3) is 0.318. The van der Waals surface area contributed by atoms with E-state index < -0.39 is 0 Å². The second kappa shape index (κ2) is 6.78. The van der Waals surface area contributed by atoms with Crippen LogP contribution in [0.2, 0.25) is 0 Å². The molecule has 0 bridgehead atoms. The number of nitrogens with zero attached hydrogens (tertiary/aromatic N) is 2. The number of likely N-dealkylation sites (tertiary alicyclic amines) is 1. The number of ketones is 1. The van der Waals surface area contributed by atoms with Gasteiger partial charge >= 0.3 is 0 Å². The summed E-state index contributed by atoms with van der Waals surface area (Å²) in [6, 6.07) is 8.06. The number of amides is 1. The molecule has 1 aliphatic heterocycles. The molecule has 1 aliphatic rings. The number of pyridine rings is 1. The number of fused-ring (bicyclic) bond motifs is 1. The summed E-state index contributed by atoms with van der Waals surface area (Å²) in [6.07, 6.45) is 0. The van der Waals surface area contributed by atoms with Crippen LogP contribution in [0.3, 0.4) is 0 Å². The van der Waals surface area contributed by atoms with Gasteiger partial charge < -0.3 is 15.2 Å². The summed E-state index contributed by atoms with van der Waals surface area (Å²) >= 11 is 0. The molecule has 1 saturated heterocycles. The zero-order chi connectivity index (χ0) is 20.0. The highest BCUT2D eigenvalue weighted by atomic mass is 16.2. The topological polar surface area (TPSA) is 78.1 Å². The van der Waals surface area contributed by atoms with Crippen molar-refractivity contribution in [2.45, 2.75) is 34.2 Å². The molecule has 28 heavy (non-hydrogen) atoms. The van der Waals surface area contributed by atoms with E-state index in [1.807, 2.05) is 19.9 Å². The molecule has 1 fully saturated rings. The molecule has 0 unspecified atom stereocenters. The Kier molecular flexibility index (Phi) is 4.41. The lowest BCUT2D eigenvalue weighted by Gasteiger charge is -2.29. The third-order valence-corrected chi connectivity index (χ3v) is 5.62. The molecule has 3 aromatic rings. The molecule has 0 spiro atoms. The van der Waals surface area contributed by atoms with Crippen molar-refractivity contribution in [3.63, 3.8) is 0 Å². The standard InChI is InChI=1S/C22H24N4O2/c1-12-6-5-7-13(2)18(12)9-23-21-20-17(14(3)15(4)24-20)8-19(25-21)22(28)26-10-16(27)11-26/h5-8,24H,9-11H2,1-4H3,(H,23,25). The van der Waals surface area contributed by atoms with Gasteiger partial charge in [-0.1, -0.05) is 18.2 Å². The summed E-state index contributed by atoms with van der Waals surface area (Å²) in [4.78, 5) is 33.5. The maximum absolute atomic E-state index is 12.7. The van der Waals surface area contributed by atoms with E-state index in [0.717, 1.165) is 22.2 Å². The molecule has 2 aromatic heterocycles. The fourth-order valence-electron chi connectivity index (χ4n) is 3.67. The first-order valence-electron chi connectivity index (χ1n) is 9.45. The normalized spacial score (nSPS) is 13.7. The number of aromatic nitrogens is 2. The second-order valence-corrected chi connectivity index (χ2v) is 7.58. The molecule has 144 valence electrons. The molecule has 0 saturated carbocycles. The van der Waals surface area contributed by atoms with Crippen LogP contribution in [-0.4, -0.2) is 39.6 Å². The third-order valence-electron chi connectivity index (χ3n) is 5.62. The van der Waals surface area contributed by atoms with Crippen molar-refractivity contribution in [3.05, 3.63) is 57.9 Å². The Morgan fingerprint density at radius 3 is 2.50 bits per heavy atom. The Balaban J connectivity index is 1.72. The molecule has 0 radical (unpaired) electrons. The third kappa shape index (κ3) is 3.05. The van der Waals surface area contributed by atoms with E-state index in [1.54, 1.807) is 0 Å². The van der Waals surface area contributed by atoms with Crippen molar-refractivity contribution in [1.29, 1.82) is 0 Å². The number of nitrogens with one attached hydrogen (secondary N) is 2. The lowest BCUT2D eigenvalue weighted by molar-refractivity contribution is -0.127. The number of aromatic amines is 1. The van der Waals surface area contributed by atoms with Crippen LogP contribution in [0.15, 0.2) is 24.3 Å². The number of rotatable bonds is 4. The van der Waals surface area contributed by atoms with Gasteiger partial charge in [-0.25, -0.2) is 4.98 Å². The summed E-state index contributed by atoms with van der Waals surface area (Å²) in [5, 5.41) is 4.40. The van der Waals surface area contributed by atoms with Crippen molar-refractivity contribution >= 4 is 28.4 Å². The van der Waals surface area contributed by atoms with Gasteiger partial charge in [0, 0.05) is 17.6 Å². The number of hydrogen-bond donors (Lipinski definition) is 2. The maximum atomic E-state index is 12.7. The van der Waals surface area contributed by atoms with E-state index >= 15 is 0 Å². The summed E-state index contributed by atoms with van der Waals surface area (Å²) < 4.78 is 0. The van der Waals surface area contributed by atoms with Gasteiger partial charge in [0.25, 0.3) is 5.91 Å². The van der Waals surface area contributed by atoms with Gasteiger partial charge in [0.1, 0.15) is 5.69 Å². The first-order valence-corrected chi connectivity index (χ1v) is 9.45. The Labute approximate surface area is 164 Å². The smallest absolute Gasteiger partial charge is 0.273 e. The van der Waals surface area contributed by atoms with Crippen molar-refractivity contribution < 1.29 is 9.59 Å². The predicted octanol–water partition coefficient (Wildman–Crippen LogP) is 3.43. The number of carbonyl (C=O) groups is 2. The number of aryl methyl sites for hydroxylation is 4. The van der Waals surface area contributed by atoms with Crippen molar-refractivity contribution in [3.8, 4) is 0 Å². The molecular weight excluding hydrogens is 352 g/mol. The van der Waals surface area contributed by atoms with E-state index in [-0.39, 0.29) is 24.8 Å². The molecule has 2 N–H and O–H groups in total. The average Bonchev–Trinajstić information content (AvgIpc) is 2.92. The number of Topliss-reactive ketones (excluding diaryl/α,β-unsaturated/α-hetero) is 1. The highest BCUT2D eigenvalue weighted by Gasteiger charge is 2.30.